The first-order valence-corrected chi connectivity index (χ1v) is 8.95. The van der Waals surface area contributed by atoms with Gasteiger partial charge in [0.1, 0.15) is 5.82 Å². The van der Waals surface area contributed by atoms with E-state index in [1.165, 1.54) is 44.6 Å². The number of hydrogen-bond acceptors (Lipinski definition) is 1. The molecule has 5 rings (SSSR count). The first-order chi connectivity index (χ1) is 10.0. The Kier molecular flexibility index (Phi) is 3.42. The van der Waals surface area contributed by atoms with E-state index in [2.05, 4.69) is 15.9 Å². The predicted molar refractivity (Wildman–Crippen MR) is 84.3 cm³/mol. The van der Waals surface area contributed by atoms with Crippen molar-refractivity contribution in [1.82, 2.24) is 0 Å². The Morgan fingerprint density at radius 2 is 1.71 bits per heavy atom. The lowest BCUT2D eigenvalue weighted by atomic mass is 9.48. The van der Waals surface area contributed by atoms with E-state index in [1.54, 1.807) is 12.1 Å². The average molecular weight is 353 g/mol. The molecule has 0 aliphatic heterocycles. The Morgan fingerprint density at radius 3 is 2.24 bits per heavy atom. The number of aliphatic hydroxyl groups is 1. The van der Waals surface area contributed by atoms with Crippen LogP contribution in [0.4, 0.5) is 4.39 Å². The van der Waals surface area contributed by atoms with Crippen LogP contribution in [0.5, 0.6) is 0 Å². The molecule has 1 N–H and O–H groups in total. The standard InChI is InChI=1S/C18H22BrFO/c19-15-6-14(1-2-16(15)20)17(21)10-18-7-11-3-12(8-18)5-13(4-11)9-18/h1-2,6,11-13,17,21H,3-5,7-10H2. The van der Waals surface area contributed by atoms with E-state index >= 15 is 0 Å². The summed E-state index contributed by atoms with van der Waals surface area (Å²) in [5, 5.41) is 10.7. The molecule has 3 heteroatoms. The van der Waals surface area contributed by atoms with Gasteiger partial charge in [-0.25, -0.2) is 4.39 Å². The molecule has 21 heavy (non-hydrogen) atoms. The molecule has 0 radical (unpaired) electrons. The summed E-state index contributed by atoms with van der Waals surface area (Å²) in [4.78, 5) is 0. The maximum atomic E-state index is 13.4. The highest BCUT2D eigenvalue weighted by molar-refractivity contribution is 9.10. The molecule has 0 heterocycles. The highest BCUT2D eigenvalue weighted by atomic mass is 79.9. The van der Waals surface area contributed by atoms with Gasteiger partial charge in [0.25, 0.3) is 0 Å². The van der Waals surface area contributed by atoms with Crippen LogP contribution >= 0.6 is 15.9 Å². The predicted octanol–water partition coefficient (Wildman–Crippen LogP) is 5.23. The molecule has 114 valence electrons. The third-order valence-corrected chi connectivity index (χ3v) is 6.73. The molecule has 4 fully saturated rings. The Balaban J connectivity index is 1.53. The number of benzene rings is 1. The molecule has 4 bridgehead atoms. The summed E-state index contributed by atoms with van der Waals surface area (Å²) in [6.07, 6.45) is 8.59. The largest absolute Gasteiger partial charge is 0.388 e. The van der Waals surface area contributed by atoms with Gasteiger partial charge in [-0.1, -0.05) is 6.07 Å². The van der Waals surface area contributed by atoms with Crippen molar-refractivity contribution in [2.75, 3.05) is 0 Å². The smallest absolute Gasteiger partial charge is 0.137 e. The third kappa shape index (κ3) is 2.57. The van der Waals surface area contributed by atoms with Crippen molar-refractivity contribution in [1.29, 1.82) is 0 Å². The van der Waals surface area contributed by atoms with Crippen molar-refractivity contribution < 1.29 is 9.50 Å². The first-order valence-electron chi connectivity index (χ1n) is 8.16. The number of rotatable bonds is 3. The Bertz CT molecular complexity index is 521. The summed E-state index contributed by atoms with van der Waals surface area (Å²) >= 11 is 3.22. The van der Waals surface area contributed by atoms with Crippen LogP contribution in [0.1, 0.15) is 56.6 Å². The van der Waals surface area contributed by atoms with Gasteiger partial charge >= 0.3 is 0 Å². The fraction of sp³-hybridized carbons (Fsp3) is 0.667. The van der Waals surface area contributed by atoms with Crippen LogP contribution in [0.3, 0.4) is 0 Å². The number of aliphatic hydroxyl groups excluding tert-OH is 1. The van der Waals surface area contributed by atoms with Crippen LogP contribution < -0.4 is 0 Å². The normalized spacial score (nSPS) is 38.7. The van der Waals surface area contributed by atoms with Gasteiger partial charge in [-0.05, 0) is 102 Å². The van der Waals surface area contributed by atoms with Gasteiger partial charge in [0, 0.05) is 0 Å². The van der Waals surface area contributed by atoms with E-state index in [-0.39, 0.29) is 5.82 Å². The summed E-state index contributed by atoms with van der Waals surface area (Å²) < 4.78 is 13.8. The summed E-state index contributed by atoms with van der Waals surface area (Å²) in [5.74, 6) is 2.45. The van der Waals surface area contributed by atoms with E-state index in [9.17, 15) is 9.50 Å². The van der Waals surface area contributed by atoms with E-state index in [1.807, 2.05) is 0 Å². The quantitative estimate of drug-likeness (QED) is 0.789. The van der Waals surface area contributed by atoms with Crippen molar-refractivity contribution in [3.8, 4) is 0 Å². The van der Waals surface area contributed by atoms with Crippen LogP contribution in [-0.4, -0.2) is 5.11 Å². The molecule has 1 nitrogen and oxygen atoms in total. The first kappa shape index (κ1) is 14.2. The fourth-order valence-electron chi connectivity index (χ4n) is 5.79. The lowest BCUT2D eigenvalue weighted by molar-refractivity contribution is -0.0764. The molecule has 4 aliphatic rings. The van der Waals surface area contributed by atoms with E-state index < -0.39 is 6.10 Å². The van der Waals surface area contributed by atoms with Crippen LogP contribution in [0.15, 0.2) is 22.7 Å². The molecule has 1 unspecified atom stereocenters. The van der Waals surface area contributed by atoms with Gasteiger partial charge in [0.2, 0.25) is 0 Å². The second kappa shape index (κ2) is 5.06. The summed E-state index contributed by atoms with van der Waals surface area (Å²) in [5.41, 5.74) is 1.20. The van der Waals surface area contributed by atoms with Gasteiger partial charge in [0.05, 0.1) is 10.6 Å². The molecule has 4 aliphatic carbocycles. The molecule has 1 aromatic rings. The zero-order valence-corrected chi connectivity index (χ0v) is 13.8. The van der Waals surface area contributed by atoms with Crippen molar-refractivity contribution in [3.05, 3.63) is 34.1 Å². The molecule has 0 saturated heterocycles. The molecule has 1 atom stereocenters. The average Bonchev–Trinajstić information content (AvgIpc) is 2.39. The maximum Gasteiger partial charge on any atom is 0.137 e. The SMILES string of the molecule is OC(CC12CC3CC(CC(C3)C1)C2)c1ccc(F)c(Br)c1. The lowest BCUT2D eigenvalue weighted by Crippen LogP contribution is -2.46. The monoisotopic (exact) mass is 352 g/mol. The van der Waals surface area contributed by atoms with Crippen LogP contribution in [0, 0.1) is 29.0 Å². The minimum Gasteiger partial charge on any atom is -0.388 e. The van der Waals surface area contributed by atoms with Gasteiger partial charge in [-0.15, -0.1) is 0 Å². The fourth-order valence-corrected chi connectivity index (χ4v) is 6.18. The highest BCUT2D eigenvalue weighted by Gasteiger charge is 2.51. The summed E-state index contributed by atoms with van der Waals surface area (Å²) in [6.45, 7) is 0. The molecule has 1 aromatic carbocycles. The zero-order valence-electron chi connectivity index (χ0n) is 12.2. The Hall–Kier alpha value is -0.410. The Labute approximate surface area is 134 Å². The van der Waals surface area contributed by atoms with Crippen molar-refractivity contribution in [2.24, 2.45) is 23.2 Å². The summed E-state index contributed by atoms with van der Waals surface area (Å²) in [6, 6.07) is 4.91. The molecule has 0 amide bonds. The van der Waals surface area contributed by atoms with E-state index in [0.717, 1.165) is 29.7 Å². The molecule has 0 aromatic heterocycles. The molecular formula is C18H22BrFO. The van der Waals surface area contributed by atoms with Crippen molar-refractivity contribution in [3.63, 3.8) is 0 Å². The molecule has 0 spiro atoms. The van der Waals surface area contributed by atoms with Gasteiger partial charge in [-0.3, -0.25) is 0 Å². The Morgan fingerprint density at radius 1 is 1.14 bits per heavy atom. The minimum absolute atomic E-state index is 0.263. The van der Waals surface area contributed by atoms with Gasteiger partial charge < -0.3 is 5.11 Å². The van der Waals surface area contributed by atoms with Crippen LogP contribution in [-0.2, 0) is 0 Å². The third-order valence-electron chi connectivity index (χ3n) is 6.12. The number of halogens is 2. The van der Waals surface area contributed by atoms with Crippen molar-refractivity contribution >= 4 is 15.9 Å². The maximum absolute atomic E-state index is 13.4. The second-order valence-corrected chi connectivity index (χ2v) is 8.67. The van der Waals surface area contributed by atoms with E-state index in [4.69, 9.17) is 0 Å². The van der Waals surface area contributed by atoms with Gasteiger partial charge in [-0.2, -0.15) is 0 Å². The lowest BCUT2D eigenvalue weighted by Gasteiger charge is -2.57. The van der Waals surface area contributed by atoms with Crippen LogP contribution in [0.25, 0.3) is 0 Å². The second-order valence-electron chi connectivity index (χ2n) is 7.81. The zero-order chi connectivity index (χ0) is 14.6. The number of hydrogen-bond donors (Lipinski definition) is 1. The summed E-state index contributed by atoms with van der Waals surface area (Å²) in [7, 11) is 0. The minimum atomic E-state index is -0.460. The van der Waals surface area contributed by atoms with Crippen LogP contribution in [0.2, 0.25) is 0 Å². The topological polar surface area (TPSA) is 20.2 Å². The highest BCUT2D eigenvalue weighted by Crippen LogP contribution is 2.62. The van der Waals surface area contributed by atoms with Crippen molar-refractivity contribution in [2.45, 2.75) is 51.0 Å². The van der Waals surface area contributed by atoms with Gasteiger partial charge in [0.15, 0.2) is 0 Å². The van der Waals surface area contributed by atoms with E-state index in [0.29, 0.717) is 9.89 Å². The molecule has 4 saturated carbocycles. The molecular weight excluding hydrogens is 331 g/mol.